The summed E-state index contributed by atoms with van der Waals surface area (Å²) >= 11 is 0. The highest BCUT2D eigenvalue weighted by Gasteiger charge is 2.28. The van der Waals surface area contributed by atoms with Gasteiger partial charge in [0.25, 0.3) is 0 Å². The minimum atomic E-state index is -0.209. The van der Waals surface area contributed by atoms with E-state index in [4.69, 9.17) is 4.74 Å². The maximum absolute atomic E-state index is 13.1. The minimum Gasteiger partial charge on any atom is -0.466 e. The van der Waals surface area contributed by atoms with Crippen LogP contribution in [-0.2, 0) is 20.7 Å². The zero-order chi connectivity index (χ0) is 24.3. The molecule has 0 bridgehead atoms. The summed E-state index contributed by atoms with van der Waals surface area (Å²) in [4.78, 5) is 41.4. The number of anilines is 1. The van der Waals surface area contributed by atoms with E-state index < -0.39 is 0 Å². The summed E-state index contributed by atoms with van der Waals surface area (Å²) in [6, 6.07) is 17.5. The monoisotopic (exact) mass is 465 g/mol. The normalized spacial score (nSPS) is 13.9. The average Bonchev–Trinajstić information content (AvgIpc) is 2.86. The van der Waals surface area contributed by atoms with Crippen LogP contribution in [0.15, 0.2) is 54.6 Å². The lowest BCUT2D eigenvalue weighted by molar-refractivity contribution is -0.151. The molecule has 7 heteroatoms. The lowest BCUT2D eigenvalue weighted by atomic mass is 9.97. The largest absolute Gasteiger partial charge is 0.466 e. The Morgan fingerprint density at radius 1 is 1.00 bits per heavy atom. The first-order valence-electron chi connectivity index (χ1n) is 12.1. The molecule has 0 atom stereocenters. The minimum absolute atomic E-state index is 0.00992. The summed E-state index contributed by atoms with van der Waals surface area (Å²) in [7, 11) is 0. The molecule has 0 aromatic heterocycles. The Balaban J connectivity index is 1.57. The summed E-state index contributed by atoms with van der Waals surface area (Å²) in [5, 5.41) is 2.99. The highest BCUT2D eigenvalue weighted by atomic mass is 16.5. The van der Waals surface area contributed by atoms with Crippen LogP contribution in [0.25, 0.3) is 0 Å². The van der Waals surface area contributed by atoms with Crippen LogP contribution in [0.1, 0.15) is 37.3 Å². The van der Waals surface area contributed by atoms with Gasteiger partial charge in [0.2, 0.25) is 5.91 Å². The van der Waals surface area contributed by atoms with Crippen LogP contribution in [0, 0.1) is 12.8 Å². The third kappa shape index (κ3) is 7.33. The van der Waals surface area contributed by atoms with Crippen molar-refractivity contribution in [2.45, 2.75) is 39.5 Å². The molecule has 7 nitrogen and oxygen atoms in total. The molecule has 0 aliphatic carbocycles. The number of carbonyl (C=O) groups excluding carboxylic acids is 3. The number of hydrogen-bond acceptors (Lipinski definition) is 4. The van der Waals surface area contributed by atoms with Gasteiger partial charge in [-0.15, -0.1) is 0 Å². The van der Waals surface area contributed by atoms with E-state index in [0.29, 0.717) is 52.0 Å². The van der Waals surface area contributed by atoms with Crippen LogP contribution in [0.5, 0.6) is 0 Å². The second-order valence-electron chi connectivity index (χ2n) is 8.62. The molecule has 2 aromatic rings. The average molecular weight is 466 g/mol. The molecule has 1 aliphatic heterocycles. The number of rotatable bonds is 9. The molecule has 1 saturated heterocycles. The van der Waals surface area contributed by atoms with E-state index in [1.165, 1.54) is 0 Å². The Morgan fingerprint density at radius 3 is 2.35 bits per heavy atom. The lowest BCUT2D eigenvalue weighted by Gasteiger charge is -2.31. The number of carbonyl (C=O) groups is 3. The Kier molecular flexibility index (Phi) is 9.50. The predicted molar refractivity (Wildman–Crippen MR) is 132 cm³/mol. The first-order valence-corrected chi connectivity index (χ1v) is 12.1. The number of benzene rings is 2. The van der Waals surface area contributed by atoms with E-state index in [0.717, 1.165) is 16.8 Å². The van der Waals surface area contributed by atoms with Crippen molar-refractivity contribution in [3.63, 3.8) is 0 Å². The van der Waals surface area contributed by atoms with Crippen molar-refractivity contribution >= 4 is 23.6 Å². The van der Waals surface area contributed by atoms with Crippen molar-refractivity contribution in [1.82, 2.24) is 9.80 Å². The summed E-state index contributed by atoms with van der Waals surface area (Å²) in [6.45, 7) is 6.06. The van der Waals surface area contributed by atoms with Gasteiger partial charge < -0.3 is 19.9 Å². The third-order valence-electron chi connectivity index (χ3n) is 6.25. The van der Waals surface area contributed by atoms with Crippen LogP contribution < -0.4 is 5.32 Å². The van der Waals surface area contributed by atoms with E-state index >= 15 is 0 Å². The van der Waals surface area contributed by atoms with Crippen LogP contribution in [0.3, 0.4) is 0 Å². The molecule has 1 aliphatic rings. The second-order valence-corrected chi connectivity index (χ2v) is 8.62. The molecule has 34 heavy (non-hydrogen) atoms. The first-order chi connectivity index (χ1) is 16.5. The molecule has 0 spiro atoms. The molecule has 1 fully saturated rings. The Bertz CT molecular complexity index is 955. The molecule has 2 aromatic carbocycles. The van der Waals surface area contributed by atoms with Crippen LogP contribution in [0.2, 0.25) is 0 Å². The Labute approximate surface area is 202 Å². The Hall–Kier alpha value is -3.35. The van der Waals surface area contributed by atoms with Gasteiger partial charge >= 0.3 is 12.0 Å². The van der Waals surface area contributed by atoms with Gasteiger partial charge in [-0.05, 0) is 50.3 Å². The van der Waals surface area contributed by atoms with Gasteiger partial charge in [0.05, 0.1) is 12.5 Å². The van der Waals surface area contributed by atoms with Gasteiger partial charge in [-0.3, -0.25) is 9.59 Å². The van der Waals surface area contributed by atoms with Gasteiger partial charge in [0.15, 0.2) is 0 Å². The van der Waals surface area contributed by atoms with E-state index in [1.807, 2.05) is 61.5 Å². The van der Waals surface area contributed by atoms with E-state index in [-0.39, 0.29) is 30.2 Å². The van der Waals surface area contributed by atoms with Crippen molar-refractivity contribution in [2.24, 2.45) is 5.92 Å². The van der Waals surface area contributed by atoms with Crippen molar-refractivity contribution in [3.8, 4) is 0 Å². The number of amides is 3. The molecule has 3 rings (SSSR count). The molecular weight excluding hydrogens is 430 g/mol. The van der Waals surface area contributed by atoms with Gasteiger partial charge in [-0.2, -0.15) is 0 Å². The third-order valence-corrected chi connectivity index (χ3v) is 6.25. The number of ether oxygens (including phenoxy) is 1. The van der Waals surface area contributed by atoms with Crippen molar-refractivity contribution in [3.05, 3.63) is 65.7 Å². The molecular formula is C27H35N3O4. The van der Waals surface area contributed by atoms with E-state index in [1.54, 1.807) is 16.7 Å². The molecule has 182 valence electrons. The number of hydrogen-bond donors (Lipinski definition) is 1. The molecule has 0 unspecified atom stereocenters. The van der Waals surface area contributed by atoms with Gasteiger partial charge in [0, 0.05) is 38.3 Å². The number of esters is 1. The SMILES string of the molecule is CCOC(=O)C1CCN(C(=O)CCN(CCc2ccccc2)C(=O)Nc2ccccc2C)CC1. The van der Waals surface area contributed by atoms with Crippen LogP contribution in [0.4, 0.5) is 10.5 Å². The Morgan fingerprint density at radius 2 is 1.68 bits per heavy atom. The zero-order valence-electron chi connectivity index (χ0n) is 20.2. The topological polar surface area (TPSA) is 79.0 Å². The standard InChI is InChI=1S/C27H35N3O4/c1-3-34-26(32)23-14-18-29(19-15-23)25(31)16-20-30(17-13-22-10-5-4-6-11-22)27(33)28-24-12-8-7-9-21(24)2/h4-12,23H,3,13-20H2,1-2H3,(H,28,33). The van der Waals surface area contributed by atoms with Gasteiger partial charge in [-0.25, -0.2) is 4.79 Å². The number of urea groups is 1. The number of nitrogens with one attached hydrogen (secondary N) is 1. The van der Waals surface area contributed by atoms with Crippen LogP contribution in [-0.4, -0.2) is 60.5 Å². The molecule has 0 saturated carbocycles. The summed E-state index contributed by atoms with van der Waals surface area (Å²) in [5.74, 6) is -0.295. The van der Waals surface area contributed by atoms with Gasteiger partial charge in [-0.1, -0.05) is 48.5 Å². The number of piperidine rings is 1. The maximum atomic E-state index is 13.1. The summed E-state index contributed by atoms with van der Waals surface area (Å²) in [6.07, 6.45) is 2.20. The first kappa shape index (κ1) is 25.3. The van der Waals surface area contributed by atoms with E-state index in [9.17, 15) is 14.4 Å². The number of para-hydroxylation sites is 1. The zero-order valence-corrected chi connectivity index (χ0v) is 20.2. The fraction of sp³-hybridized carbons (Fsp3) is 0.444. The highest BCUT2D eigenvalue weighted by Crippen LogP contribution is 2.20. The quantitative estimate of drug-likeness (QED) is 0.561. The molecule has 0 radical (unpaired) electrons. The fourth-order valence-electron chi connectivity index (χ4n) is 4.14. The van der Waals surface area contributed by atoms with Crippen molar-refractivity contribution < 1.29 is 19.1 Å². The van der Waals surface area contributed by atoms with Crippen molar-refractivity contribution in [2.75, 3.05) is 38.1 Å². The maximum Gasteiger partial charge on any atom is 0.321 e. The summed E-state index contributed by atoms with van der Waals surface area (Å²) < 4.78 is 5.11. The number of aryl methyl sites for hydroxylation is 1. The lowest BCUT2D eigenvalue weighted by Crippen LogP contribution is -2.43. The molecule has 1 heterocycles. The molecule has 1 N–H and O–H groups in total. The van der Waals surface area contributed by atoms with Gasteiger partial charge in [0.1, 0.15) is 0 Å². The fourth-order valence-corrected chi connectivity index (χ4v) is 4.14. The highest BCUT2D eigenvalue weighted by molar-refractivity contribution is 5.90. The second kappa shape index (κ2) is 12.8. The predicted octanol–water partition coefficient (Wildman–Crippen LogP) is 4.26. The smallest absolute Gasteiger partial charge is 0.321 e. The number of nitrogens with zero attached hydrogens (tertiary/aromatic N) is 2. The van der Waals surface area contributed by atoms with E-state index in [2.05, 4.69) is 5.32 Å². The summed E-state index contributed by atoms with van der Waals surface area (Å²) in [5.41, 5.74) is 2.90. The molecule has 3 amide bonds. The van der Waals surface area contributed by atoms with Crippen molar-refractivity contribution in [1.29, 1.82) is 0 Å². The number of likely N-dealkylation sites (tertiary alicyclic amines) is 1. The van der Waals surface area contributed by atoms with Crippen LogP contribution >= 0.6 is 0 Å².